The smallest absolute Gasteiger partial charge is 0.136 e. The van der Waals surface area contributed by atoms with Crippen molar-refractivity contribution in [3.05, 3.63) is 0 Å². The molecule has 0 aromatic rings. The summed E-state index contributed by atoms with van der Waals surface area (Å²) >= 11 is 0. The Balaban J connectivity index is 1.62. The Kier molecular flexibility index (Phi) is 5.87. The van der Waals surface area contributed by atoms with E-state index < -0.39 is 0 Å². The fourth-order valence-corrected chi connectivity index (χ4v) is 3.96. The van der Waals surface area contributed by atoms with Gasteiger partial charge in [-0.2, -0.15) is 0 Å². The molecule has 2 saturated heterocycles. The van der Waals surface area contributed by atoms with Crippen LogP contribution in [0.25, 0.3) is 0 Å². The van der Waals surface area contributed by atoms with Gasteiger partial charge in [-0.25, -0.2) is 0 Å². The summed E-state index contributed by atoms with van der Waals surface area (Å²) in [6.45, 7) is 2.25. The van der Waals surface area contributed by atoms with Gasteiger partial charge in [0, 0.05) is 24.4 Å². The van der Waals surface area contributed by atoms with Crippen LogP contribution >= 0.6 is 0 Å². The second kappa shape index (κ2) is 7.42. The van der Waals surface area contributed by atoms with Gasteiger partial charge >= 0.3 is 0 Å². The van der Waals surface area contributed by atoms with E-state index in [4.69, 9.17) is 0 Å². The maximum Gasteiger partial charge on any atom is 0.136 e. The summed E-state index contributed by atoms with van der Waals surface area (Å²) in [6, 6.07) is 1.41. The van der Waals surface area contributed by atoms with Crippen molar-refractivity contribution in [3.63, 3.8) is 0 Å². The van der Waals surface area contributed by atoms with Gasteiger partial charge in [0.25, 0.3) is 0 Å². The van der Waals surface area contributed by atoms with Crippen molar-refractivity contribution in [2.75, 3.05) is 7.05 Å². The van der Waals surface area contributed by atoms with Crippen LogP contribution in [-0.2, 0) is 4.79 Å². The highest BCUT2D eigenvalue weighted by Gasteiger charge is 2.40. The molecule has 2 atom stereocenters. The van der Waals surface area contributed by atoms with Crippen LogP contribution in [0.5, 0.6) is 0 Å². The molecule has 0 amide bonds. The monoisotopic (exact) mass is 265 g/mol. The van der Waals surface area contributed by atoms with Crippen molar-refractivity contribution < 1.29 is 4.79 Å². The van der Waals surface area contributed by atoms with Crippen molar-refractivity contribution in [1.29, 1.82) is 0 Å². The van der Waals surface area contributed by atoms with Gasteiger partial charge in [-0.1, -0.05) is 39.0 Å². The van der Waals surface area contributed by atoms with E-state index in [9.17, 15) is 4.79 Å². The summed E-state index contributed by atoms with van der Waals surface area (Å²) in [7, 11) is 2.25. The lowest BCUT2D eigenvalue weighted by atomic mass is 9.86. The van der Waals surface area contributed by atoms with Crippen LogP contribution in [0.2, 0.25) is 0 Å². The third kappa shape index (κ3) is 4.05. The largest absolute Gasteiger partial charge is 0.300 e. The summed E-state index contributed by atoms with van der Waals surface area (Å²) in [5.74, 6) is 0.963. The number of unbranched alkanes of at least 4 members (excludes halogenated alkanes) is 5. The van der Waals surface area contributed by atoms with E-state index in [1.54, 1.807) is 0 Å². The molecular weight excluding hydrogens is 234 g/mol. The number of hydrogen-bond donors (Lipinski definition) is 0. The zero-order chi connectivity index (χ0) is 13.7. The van der Waals surface area contributed by atoms with Crippen molar-refractivity contribution >= 4 is 5.78 Å². The minimum absolute atomic E-state index is 0.393. The van der Waals surface area contributed by atoms with Gasteiger partial charge in [-0.05, 0) is 39.2 Å². The van der Waals surface area contributed by atoms with Gasteiger partial charge < -0.3 is 4.90 Å². The van der Waals surface area contributed by atoms with Crippen LogP contribution in [0.4, 0.5) is 0 Å². The van der Waals surface area contributed by atoms with Crippen molar-refractivity contribution in [2.24, 2.45) is 5.92 Å². The second-order valence-corrected chi connectivity index (χ2v) is 6.70. The Morgan fingerprint density at radius 1 is 1.00 bits per heavy atom. The standard InChI is InChI=1S/C17H31NO/c1-3-4-5-6-7-8-9-17(19)14-12-15-10-11-16(13-14)18(15)2/h14-16H,3-13H2,1-2H3. The third-order valence-corrected chi connectivity index (χ3v) is 5.33. The molecule has 2 unspecified atom stereocenters. The van der Waals surface area contributed by atoms with Crippen LogP contribution in [0.15, 0.2) is 0 Å². The number of ketones is 1. The molecule has 2 fully saturated rings. The molecule has 2 aliphatic rings. The number of hydrogen-bond acceptors (Lipinski definition) is 2. The first kappa shape index (κ1) is 15.0. The number of carbonyl (C=O) groups is 1. The average molecular weight is 265 g/mol. The van der Waals surface area contributed by atoms with Crippen LogP contribution in [-0.4, -0.2) is 29.8 Å². The van der Waals surface area contributed by atoms with Gasteiger partial charge in [-0.15, -0.1) is 0 Å². The Bertz CT molecular complexity index is 275. The number of fused-ring (bicyclic) bond motifs is 2. The SMILES string of the molecule is CCCCCCCCC(=O)C1CC2CCC(C1)N2C. The minimum Gasteiger partial charge on any atom is -0.300 e. The number of rotatable bonds is 8. The van der Waals surface area contributed by atoms with Gasteiger partial charge in [0.2, 0.25) is 0 Å². The molecule has 2 bridgehead atoms. The van der Waals surface area contributed by atoms with E-state index in [0.717, 1.165) is 25.7 Å². The summed E-state index contributed by atoms with van der Waals surface area (Å²) < 4.78 is 0. The minimum atomic E-state index is 0.393. The highest BCUT2D eigenvalue weighted by atomic mass is 16.1. The van der Waals surface area contributed by atoms with Crippen LogP contribution in [0, 0.1) is 5.92 Å². The molecule has 0 N–H and O–H groups in total. The predicted molar refractivity (Wildman–Crippen MR) is 80.3 cm³/mol. The molecule has 0 spiro atoms. The number of Topliss-reactive ketones (excluding diaryl/α,β-unsaturated/α-hetero) is 1. The number of carbonyl (C=O) groups excluding carboxylic acids is 1. The maximum absolute atomic E-state index is 12.3. The summed E-state index contributed by atoms with van der Waals surface area (Å²) in [5.41, 5.74) is 0. The topological polar surface area (TPSA) is 20.3 Å². The van der Waals surface area contributed by atoms with E-state index in [0.29, 0.717) is 23.8 Å². The first-order chi connectivity index (χ1) is 9.22. The second-order valence-electron chi connectivity index (χ2n) is 6.70. The van der Waals surface area contributed by atoms with Crippen molar-refractivity contribution in [2.45, 2.75) is 89.6 Å². The lowest BCUT2D eigenvalue weighted by molar-refractivity contribution is -0.125. The van der Waals surface area contributed by atoms with Gasteiger partial charge in [0.05, 0.1) is 0 Å². The molecule has 19 heavy (non-hydrogen) atoms. The van der Waals surface area contributed by atoms with E-state index in [2.05, 4.69) is 18.9 Å². The molecule has 0 radical (unpaired) electrons. The molecule has 2 heterocycles. The molecule has 0 aromatic carbocycles. The molecule has 2 heteroatoms. The fraction of sp³-hybridized carbons (Fsp3) is 0.941. The zero-order valence-electron chi connectivity index (χ0n) is 12.9. The normalized spacial score (nSPS) is 30.7. The maximum atomic E-state index is 12.3. The summed E-state index contributed by atoms with van der Waals surface area (Å²) in [5, 5.41) is 0. The number of nitrogens with zero attached hydrogens (tertiary/aromatic N) is 1. The van der Waals surface area contributed by atoms with Crippen LogP contribution in [0.3, 0.4) is 0 Å². The zero-order valence-corrected chi connectivity index (χ0v) is 12.9. The highest BCUT2D eigenvalue weighted by Crippen LogP contribution is 2.38. The molecule has 2 nitrogen and oxygen atoms in total. The first-order valence-corrected chi connectivity index (χ1v) is 8.47. The van der Waals surface area contributed by atoms with Crippen LogP contribution < -0.4 is 0 Å². The quantitative estimate of drug-likeness (QED) is 0.614. The molecule has 110 valence electrons. The fourth-order valence-electron chi connectivity index (χ4n) is 3.96. The van der Waals surface area contributed by atoms with E-state index in [1.807, 2.05) is 0 Å². The average Bonchev–Trinajstić information content (AvgIpc) is 2.65. The Morgan fingerprint density at radius 2 is 1.58 bits per heavy atom. The molecule has 0 aliphatic carbocycles. The van der Waals surface area contributed by atoms with Gasteiger partial charge in [-0.3, -0.25) is 4.79 Å². The highest BCUT2D eigenvalue weighted by molar-refractivity contribution is 5.81. The van der Waals surface area contributed by atoms with Gasteiger partial charge in [0.1, 0.15) is 5.78 Å². The Hall–Kier alpha value is -0.370. The number of piperidine rings is 1. The van der Waals surface area contributed by atoms with Gasteiger partial charge in [0.15, 0.2) is 0 Å². The Morgan fingerprint density at radius 3 is 2.21 bits per heavy atom. The first-order valence-electron chi connectivity index (χ1n) is 8.47. The van der Waals surface area contributed by atoms with Crippen LogP contribution in [0.1, 0.15) is 77.6 Å². The predicted octanol–water partition coefficient (Wildman–Crippen LogP) is 4.18. The molecule has 0 saturated carbocycles. The molecular formula is C17H31NO. The summed E-state index contributed by atoms with van der Waals surface area (Å²) in [6.07, 6.45) is 13.5. The lowest BCUT2D eigenvalue weighted by Crippen LogP contribution is -2.42. The summed E-state index contributed by atoms with van der Waals surface area (Å²) in [4.78, 5) is 14.8. The Labute approximate surface area is 118 Å². The molecule has 0 aromatic heterocycles. The lowest BCUT2D eigenvalue weighted by Gasteiger charge is -2.35. The molecule has 2 rings (SSSR count). The van der Waals surface area contributed by atoms with E-state index in [1.165, 1.54) is 44.9 Å². The molecule has 2 aliphatic heterocycles. The third-order valence-electron chi connectivity index (χ3n) is 5.33. The van der Waals surface area contributed by atoms with E-state index in [-0.39, 0.29) is 0 Å². The van der Waals surface area contributed by atoms with Crippen molar-refractivity contribution in [1.82, 2.24) is 4.90 Å². The van der Waals surface area contributed by atoms with E-state index >= 15 is 0 Å². The van der Waals surface area contributed by atoms with Crippen molar-refractivity contribution in [3.8, 4) is 0 Å².